The molecule has 28 heavy (non-hydrogen) atoms. The average Bonchev–Trinajstić information content (AvgIpc) is 3.33. The fourth-order valence-electron chi connectivity index (χ4n) is 4.21. The van der Waals surface area contributed by atoms with E-state index in [4.69, 9.17) is 16.3 Å². The van der Waals surface area contributed by atoms with E-state index in [1.807, 2.05) is 12.2 Å². The van der Waals surface area contributed by atoms with Crippen molar-refractivity contribution >= 4 is 56.9 Å². The summed E-state index contributed by atoms with van der Waals surface area (Å²) in [6.07, 6.45) is 4.79. The van der Waals surface area contributed by atoms with Gasteiger partial charge in [-0.15, -0.1) is 0 Å². The van der Waals surface area contributed by atoms with Crippen LogP contribution in [0.3, 0.4) is 0 Å². The van der Waals surface area contributed by atoms with E-state index in [9.17, 15) is 19.2 Å². The monoisotopic (exact) mass is 466 g/mol. The Hall–Kier alpha value is -2.19. The second-order valence-corrected chi connectivity index (χ2v) is 8.36. The van der Waals surface area contributed by atoms with Gasteiger partial charge in [-0.2, -0.15) is 0 Å². The lowest BCUT2D eigenvalue weighted by Gasteiger charge is -2.16. The molecule has 4 atom stereocenters. The number of carbonyl (C=O) groups is 4. The molecule has 0 radical (unpaired) electrons. The number of esters is 1. The molecule has 146 valence electrons. The van der Waals surface area contributed by atoms with Crippen LogP contribution in [0.5, 0.6) is 0 Å². The number of imide groups is 1. The largest absolute Gasteiger partial charge is 0.454 e. The predicted octanol–water partition coefficient (Wildman–Crippen LogP) is 2.39. The number of carbonyl (C=O) groups excluding carboxylic acids is 4. The van der Waals surface area contributed by atoms with Crippen LogP contribution in [-0.4, -0.2) is 41.7 Å². The number of rotatable bonds is 5. The van der Waals surface area contributed by atoms with E-state index in [0.717, 1.165) is 11.3 Å². The fraction of sp³-hybridized carbons (Fsp3) is 0.368. The summed E-state index contributed by atoms with van der Waals surface area (Å²) in [6, 6.07) is 4.86. The van der Waals surface area contributed by atoms with Gasteiger partial charge >= 0.3 is 5.97 Å². The molecule has 2 bridgehead atoms. The first-order chi connectivity index (χ1) is 13.3. The lowest BCUT2D eigenvalue weighted by molar-refractivity contribution is -0.154. The molecule has 1 aromatic rings. The van der Waals surface area contributed by atoms with E-state index >= 15 is 0 Å². The summed E-state index contributed by atoms with van der Waals surface area (Å²) >= 11 is 9.20. The zero-order valence-electron chi connectivity index (χ0n) is 14.6. The van der Waals surface area contributed by atoms with Crippen molar-refractivity contribution in [3.05, 3.63) is 39.8 Å². The number of benzene rings is 1. The van der Waals surface area contributed by atoms with Crippen molar-refractivity contribution in [2.24, 2.45) is 23.7 Å². The molecule has 3 aliphatic rings. The second-order valence-electron chi connectivity index (χ2n) is 7.10. The third-order valence-electron chi connectivity index (χ3n) is 5.42. The number of ether oxygens (including phenoxy) is 1. The van der Waals surface area contributed by atoms with Crippen molar-refractivity contribution in [1.29, 1.82) is 0 Å². The zero-order valence-corrected chi connectivity index (χ0v) is 16.9. The van der Waals surface area contributed by atoms with Crippen LogP contribution < -0.4 is 5.32 Å². The van der Waals surface area contributed by atoms with Gasteiger partial charge in [-0.05, 0) is 52.4 Å². The lowest BCUT2D eigenvalue weighted by atomic mass is 9.85. The van der Waals surface area contributed by atoms with E-state index in [2.05, 4.69) is 21.2 Å². The van der Waals surface area contributed by atoms with Crippen LogP contribution in [0.1, 0.15) is 6.42 Å². The summed E-state index contributed by atoms with van der Waals surface area (Å²) < 4.78 is 5.61. The molecule has 0 aromatic heterocycles. The first-order valence-corrected chi connectivity index (χ1v) is 9.96. The average molecular weight is 468 g/mol. The number of hydrogen-bond acceptors (Lipinski definition) is 5. The molecule has 3 amide bonds. The van der Waals surface area contributed by atoms with E-state index in [0.29, 0.717) is 15.2 Å². The molecule has 4 rings (SSSR count). The predicted molar refractivity (Wildman–Crippen MR) is 103 cm³/mol. The molecular formula is C19H16BrClN2O5. The maximum atomic E-state index is 12.5. The van der Waals surface area contributed by atoms with E-state index in [1.165, 1.54) is 0 Å². The normalized spacial score (nSPS) is 27.3. The van der Waals surface area contributed by atoms with Crippen molar-refractivity contribution in [2.75, 3.05) is 18.5 Å². The van der Waals surface area contributed by atoms with Gasteiger partial charge in [0.2, 0.25) is 11.8 Å². The molecule has 9 heteroatoms. The summed E-state index contributed by atoms with van der Waals surface area (Å²) in [6.45, 7) is -0.996. The highest BCUT2D eigenvalue weighted by molar-refractivity contribution is 9.10. The Morgan fingerprint density at radius 1 is 1.18 bits per heavy atom. The van der Waals surface area contributed by atoms with Gasteiger partial charge in [0, 0.05) is 10.2 Å². The van der Waals surface area contributed by atoms with Gasteiger partial charge in [0.25, 0.3) is 5.91 Å². The minimum absolute atomic E-state index is 0.0796. The van der Waals surface area contributed by atoms with Gasteiger partial charge < -0.3 is 10.1 Å². The van der Waals surface area contributed by atoms with E-state index in [1.54, 1.807) is 18.2 Å². The highest BCUT2D eigenvalue weighted by atomic mass is 79.9. The molecule has 2 aliphatic carbocycles. The number of halogens is 2. The summed E-state index contributed by atoms with van der Waals surface area (Å²) in [5, 5.41) is 2.98. The number of nitrogens with zero attached hydrogens (tertiary/aromatic N) is 1. The first kappa shape index (κ1) is 19.1. The number of fused-ring (bicyclic) bond motifs is 5. The Kier molecular flexibility index (Phi) is 5.01. The smallest absolute Gasteiger partial charge is 0.326 e. The third-order valence-corrected chi connectivity index (χ3v) is 6.65. The molecule has 1 aliphatic heterocycles. The number of anilines is 1. The Morgan fingerprint density at radius 2 is 1.82 bits per heavy atom. The number of allylic oxidation sites excluding steroid dienone is 2. The SMILES string of the molecule is O=C(COC(=O)CN1C(=O)[C@H]2[C@H](C1=O)[C@H]1C=C[C@H]2C1)Nc1ccc(Br)c(Cl)c1. The third kappa shape index (κ3) is 3.35. The van der Waals surface area contributed by atoms with Crippen molar-refractivity contribution in [3.63, 3.8) is 0 Å². The molecule has 1 saturated heterocycles. The summed E-state index contributed by atoms with van der Waals surface area (Å²) in [7, 11) is 0. The standard InChI is InChI=1S/C19H16BrClN2O5/c20-12-4-3-11(6-13(12)21)22-14(24)8-28-15(25)7-23-18(26)16-9-1-2-10(5-9)17(16)19(23)27/h1-4,6,9-10,16-17H,5,7-8H2,(H,22,24)/t9-,10-,16+,17+/m0/s1. The van der Waals surface area contributed by atoms with Crippen molar-refractivity contribution in [1.82, 2.24) is 4.90 Å². The van der Waals surface area contributed by atoms with Gasteiger partial charge in [-0.1, -0.05) is 23.8 Å². The second kappa shape index (κ2) is 7.33. The fourth-order valence-corrected chi connectivity index (χ4v) is 4.64. The van der Waals surface area contributed by atoms with E-state index in [-0.39, 0.29) is 35.5 Å². The Balaban J connectivity index is 1.29. The highest BCUT2D eigenvalue weighted by Crippen LogP contribution is 2.52. The highest BCUT2D eigenvalue weighted by Gasteiger charge is 2.59. The zero-order chi connectivity index (χ0) is 20.0. The van der Waals surface area contributed by atoms with Crippen LogP contribution in [0.2, 0.25) is 5.02 Å². The van der Waals surface area contributed by atoms with Gasteiger partial charge in [-0.25, -0.2) is 0 Å². The minimum atomic E-state index is -0.800. The lowest BCUT2D eigenvalue weighted by Crippen LogP contribution is -2.38. The number of nitrogens with one attached hydrogen (secondary N) is 1. The molecule has 2 fully saturated rings. The maximum absolute atomic E-state index is 12.5. The topological polar surface area (TPSA) is 92.8 Å². The van der Waals surface area contributed by atoms with Crippen molar-refractivity contribution < 1.29 is 23.9 Å². The van der Waals surface area contributed by atoms with Gasteiger partial charge in [0.1, 0.15) is 6.54 Å². The minimum Gasteiger partial charge on any atom is -0.454 e. The van der Waals surface area contributed by atoms with Gasteiger partial charge in [0.15, 0.2) is 6.61 Å². The summed E-state index contributed by atoms with van der Waals surface area (Å²) in [5.41, 5.74) is 0.454. The Labute approximate surface area is 174 Å². The Bertz CT molecular complexity index is 888. The maximum Gasteiger partial charge on any atom is 0.326 e. The number of amides is 3. The van der Waals surface area contributed by atoms with Gasteiger partial charge in [-0.3, -0.25) is 24.1 Å². The first-order valence-electron chi connectivity index (χ1n) is 8.79. The van der Waals surface area contributed by atoms with Crippen molar-refractivity contribution in [2.45, 2.75) is 6.42 Å². The summed E-state index contributed by atoms with van der Waals surface area (Å²) in [5.74, 6) is -2.56. The van der Waals surface area contributed by atoms with Gasteiger partial charge in [0.05, 0.1) is 16.9 Å². The molecule has 1 heterocycles. The van der Waals surface area contributed by atoms with Crippen LogP contribution in [0.15, 0.2) is 34.8 Å². The Morgan fingerprint density at radius 3 is 2.43 bits per heavy atom. The molecule has 1 saturated carbocycles. The van der Waals surface area contributed by atoms with Crippen molar-refractivity contribution in [3.8, 4) is 0 Å². The van der Waals surface area contributed by atoms with Crippen LogP contribution in [-0.2, 0) is 23.9 Å². The van der Waals surface area contributed by atoms with E-state index < -0.39 is 25.0 Å². The van der Waals surface area contributed by atoms with Crippen LogP contribution in [0, 0.1) is 23.7 Å². The number of likely N-dealkylation sites (tertiary alicyclic amines) is 1. The van der Waals surface area contributed by atoms with Crippen LogP contribution >= 0.6 is 27.5 Å². The summed E-state index contributed by atoms with van der Waals surface area (Å²) in [4.78, 5) is 50.0. The molecule has 1 aromatic carbocycles. The number of hydrogen-bond donors (Lipinski definition) is 1. The molecule has 0 spiro atoms. The van der Waals surface area contributed by atoms with Crippen LogP contribution in [0.4, 0.5) is 5.69 Å². The molecule has 0 unspecified atom stereocenters. The molecule has 7 nitrogen and oxygen atoms in total. The quantitative estimate of drug-likeness (QED) is 0.408. The molecule has 1 N–H and O–H groups in total. The molecular weight excluding hydrogens is 452 g/mol. The van der Waals surface area contributed by atoms with Crippen LogP contribution in [0.25, 0.3) is 0 Å².